The summed E-state index contributed by atoms with van der Waals surface area (Å²) >= 11 is 0. The number of halogens is 3. The van der Waals surface area contributed by atoms with E-state index in [4.69, 9.17) is 4.74 Å². The van der Waals surface area contributed by atoms with Crippen LogP contribution in [0.3, 0.4) is 0 Å². The number of nitrogens with one attached hydrogen (secondary N) is 2. The highest BCUT2D eigenvalue weighted by molar-refractivity contribution is 5.80. The summed E-state index contributed by atoms with van der Waals surface area (Å²) < 4.78 is 44.0. The Labute approximate surface area is 150 Å². The molecule has 0 spiro atoms. The molecular weight excluding hydrogens is 331 g/mol. The fraction of sp³-hybridized carbons (Fsp3) is 0.944. The Morgan fingerprint density at radius 1 is 1.16 bits per heavy atom. The largest absolute Gasteiger partial charge is 0.391 e. The molecule has 0 aromatic carbocycles. The van der Waals surface area contributed by atoms with Crippen molar-refractivity contribution in [2.75, 3.05) is 19.7 Å². The predicted molar refractivity (Wildman–Crippen MR) is 95.8 cm³/mol. The van der Waals surface area contributed by atoms with Crippen LogP contribution in [0.1, 0.15) is 59.8 Å². The number of ether oxygens (including phenoxy) is 1. The average Bonchev–Trinajstić information content (AvgIpc) is 2.53. The number of alkyl halides is 3. The van der Waals surface area contributed by atoms with Gasteiger partial charge in [-0.25, -0.2) is 0 Å². The van der Waals surface area contributed by atoms with Crippen molar-refractivity contribution in [3.8, 4) is 0 Å². The van der Waals surface area contributed by atoms with E-state index in [1.807, 2.05) is 13.8 Å². The van der Waals surface area contributed by atoms with E-state index in [1.54, 1.807) is 0 Å². The fourth-order valence-electron chi connectivity index (χ4n) is 3.21. The molecule has 1 saturated carbocycles. The molecule has 1 atom stereocenters. The third-order valence-electron chi connectivity index (χ3n) is 4.68. The van der Waals surface area contributed by atoms with Gasteiger partial charge in [0, 0.05) is 25.7 Å². The molecule has 0 aromatic rings. The van der Waals surface area contributed by atoms with E-state index >= 15 is 0 Å². The van der Waals surface area contributed by atoms with E-state index in [9.17, 15) is 13.2 Å². The van der Waals surface area contributed by atoms with Gasteiger partial charge in [0.25, 0.3) is 0 Å². The van der Waals surface area contributed by atoms with Gasteiger partial charge in [0.15, 0.2) is 5.96 Å². The summed E-state index contributed by atoms with van der Waals surface area (Å²) in [6.45, 7) is 10.3. The number of nitrogens with zero attached hydrogens (tertiary/aromatic N) is 1. The minimum Gasteiger partial charge on any atom is -0.378 e. The SMILES string of the molecule is CCNC(=NCCC(OCC)C(C)C)NC1CCC(C(F)(F)F)CC1. The normalized spacial score (nSPS) is 23.6. The van der Waals surface area contributed by atoms with Crippen LogP contribution in [0, 0.1) is 11.8 Å². The topological polar surface area (TPSA) is 45.7 Å². The zero-order valence-corrected chi connectivity index (χ0v) is 16.0. The van der Waals surface area contributed by atoms with Crippen LogP contribution in [0.25, 0.3) is 0 Å². The Hall–Kier alpha value is -0.980. The van der Waals surface area contributed by atoms with Crippen LogP contribution in [0.2, 0.25) is 0 Å². The van der Waals surface area contributed by atoms with Crippen molar-refractivity contribution in [3.63, 3.8) is 0 Å². The summed E-state index contributed by atoms with van der Waals surface area (Å²) in [4.78, 5) is 4.57. The number of rotatable bonds is 8. The third kappa shape index (κ3) is 8.29. The van der Waals surface area contributed by atoms with Gasteiger partial charge in [0.1, 0.15) is 0 Å². The predicted octanol–water partition coefficient (Wildman–Crippen LogP) is 4.11. The van der Waals surface area contributed by atoms with Crippen molar-refractivity contribution in [2.24, 2.45) is 16.8 Å². The molecule has 1 aliphatic rings. The lowest BCUT2D eigenvalue weighted by Crippen LogP contribution is -2.46. The number of hydrogen-bond donors (Lipinski definition) is 2. The lowest BCUT2D eigenvalue weighted by molar-refractivity contribution is -0.182. The maximum atomic E-state index is 12.8. The average molecular weight is 365 g/mol. The van der Waals surface area contributed by atoms with Gasteiger partial charge in [-0.2, -0.15) is 13.2 Å². The summed E-state index contributed by atoms with van der Waals surface area (Å²) in [5.74, 6) is -0.0247. The van der Waals surface area contributed by atoms with Crippen molar-refractivity contribution in [3.05, 3.63) is 0 Å². The molecule has 0 amide bonds. The lowest BCUT2D eigenvalue weighted by Gasteiger charge is -2.31. The fourth-order valence-corrected chi connectivity index (χ4v) is 3.21. The maximum absolute atomic E-state index is 12.8. The van der Waals surface area contributed by atoms with E-state index < -0.39 is 12.1 Å². The highest BCUT2D eigenvalue weighted by Gasteiger charge is 2.41. The van der Waals surface area contributed by atoms with Gasteiger partial charge in [0.05, 0.1) is 12.0 Å². The van der Waals surface area contributed by atoms with E-state index in [2.05, 4.69) is 29.5 Å². The molecule has 0 aliphatic heterocycles. The second-order valence-electron chi connectivity index (χ2n) is 7.02. The molecule has 25 heavy (non-hydrogen) atoms. The molecule has 0 saturated heterocycles. The van der Waals surface area contributed by atoms with Crippen molar-refractivity contribution in [2.45, 2.75) is 78.1 Å². The molecular formula is C18H34F3N3O. The molecule has 1 rings (SSSR count). The van der Waals surface area contributed by atoms with Gasteiger partial charge in [-0.05, 0) is 51.9 Å². The Kier molecular flexibility index (Phi) is 9.61. The van der Waals surface area contributed by atoms with E-state index in [0.717, 1.165) is 13.0 Å². The Bertz CT molecular complexity index is 392. The summed E-state index contributed by atoms with van der Waals surface area (Å²) in [5.41, 5.74) is 0. The molecule has 1 unspecified atom stereocenters. The first-order valence-electron chi connectivity index (χ1n) is 9.51. The first-order chi connectivity index (χ1) is 11.8. The number of aliphatic imine (C=N–C) groups is 1. The molecule has 0 heterocycles. The standard InChI is InChI=1S/C18H34F3N3O/c1-5-22-17(23-12-11-16(13(3)4)25-6-2)24-15-9-7-14(8-10-15)18(19,20)21/h13-16H,5-12H2,1-4H3,(H2,22,23,24). The van der Waals surface area contributed by atoms with E-state index in [1.165, 1.54) is 0 Å². The van der Waals surface area contributed by atoms with Crippen LogP contribution < -0.4 is 10.6 Å². The van der Waals surface area contributed by atoms with Crippen molar-refractivity contribution in [1.82, 2.24) is 10.6 Å². The van der Waals surface area contributed by atoms with Crippen LogP contribution in [0.5, 0.6) is 0 Å². The smallest absolute Gasteiger partial charge is 0.378 e. The second-order valence-corrected chi connectivity index (χ2v) is 7.02. The zero-order chi connectivity index (χ0) is 18.9. The Morgan fingerprint density at radius 2 is 1.80 bits per heavy atom. The first-order valence-corrected chi connectivity index (χ1v) is 9.51. The molecule has 0 bridgehead atoms. The molecule has 1 fully saturated rings. The Morgan fingerprint density at radius 3 is 2.28 bits per heavy atom. The Balaban J connectivity index is 2.48. The van der Waals surface area contributed by atoms with Gasteiger partial charge in [-0.15, -0.1) is 0 Å². The van der Waals surface area contributed by atoms with Gasteiger partial charge in [-0.3, -0.25) is 4.99 Å². The van der Waals surface area contributed by atoms with Crippen molar-refractivity contribution < 1.29 is 17.9 Å². The van der Waals surface area contributed by atoms with Crippen LogP contribution in [0.4, 0.5) is 13.2 Å². The quantitative estimate of drug-likeness (QED) is 0.502. The van der Waals surface area contributed by atoms with E-state index in [0.29, 0.717) is 37.9 Å². The molecule has 4 nitrogen and oxygen atoms in total. The molecule has 148 valence electrons. The van der Waals surface area contributed by atoms with Crippen molar-refractivity contribution >= 4 is 5.96 Å². The van der Waals surface area contributed by atoms with E-state index in [-0.39, 0.29) is 25.0 Å². The number of guanidine groups is 1. The molecule has 0 radical (unpaired) electrons. The third-order valence-corrected chi connectivity index (χ3v) is 4.68. The highest BCUT2D eigenvalue weighted by Crippen LogP contribution is 2.37. The van der Waals surface area contributed by atoms with Gasteiger partial charge in [-0.1, -0.05) is 13.8 Å². The maximum Gasteiger partial charge on any atom is 0.391 e. The van der Waals surface area contributed by atoms with Gasteiger partial charge >= 0.3 is 6.18 Å². The zero-order valence-electron chi connectivity index (χ0n) is 16.0. The molecule has 2 N–H and O–H groups in total. The van der Waals surface area contributed by atoms with Crippen LogP contribution >= 0.6 is 0 Å². The summed E-state index contributed by atoms with van der Waals surface area (Å²) in [6.07, 6.45) is -1.60. The lowest BCUT2D eigenvalue weighted by atomic mass is 9.85. The molecule has 7 heteroatoms. The highest BCUT2D eigenvalue weighted by atomic mass is 19.4. The molecule has 1 aliphatic carbocycles. The van der Waals surface area contributed by atoms with Gasteiger partial charge in [0.2, 0.25) is 0 Å². The minimum atomic E-state index is -4.06. The number of hydrogen-bond acceptors (Lipinski definition) is 2. The first kappa shape index (κ1) is 22.1. The van der Waals surface area contributed by atoms with Crippen molar-refractivity contribution in [1.29, 1.82) is 0 Å². The minimum absolute atomic E-state index is 0.0594. The van der Waals surface area contributed by atoms with Crippen LogP contribution in [0.15, 0.2) is 4.99 Å². The molecule has 0 aromatic heterocycles. The summed E-state index contributed by atoms with van der Waals surface area (Å²) in [6, 6.07) is 0.0594. The van der Waals surface area contributed by atoms with Crippen LogP contribution in [-0.4, -0.2) is 44.0 Å². The summed E-state index contributed by atoms with van der Waals surface area (Å²) in [5, 5.41) is 6.48. The van der Waals surface area contributed by atoms with Gasteiger partial charge < -0.3 is 15.4 Å². The monoisotopic (exact) mass is 365 g/mol. The second kappa shape index (κ2) is 10.9. The summed E-state index contributed by atoms with van der Waals surface area (Å²) in [7, 11) is 0. The van der Waals surface area contributed by atoms with Crippen LogP contribution in [-0.2, 0) is 4.74 Å².